The minimum Gasteiger partial charge on any atom is -0.349 e. The summed E-state index contributed by atoms with van der Waals surface area (Å²) >= 11 is 1.60. The Morgan fingerprint density at radius 2 is 1.81 bits per heavy atom. The largest absolute Gasteiger partial charge is 0.349 e. The first-order valence-electron chi connectivity index (χ1n) is 9.93. The van der Waals surface area contributed by atoms with Crippen molar-refractivity contribution < 1.29 is 9.59 Å². The van der Waals surface area contributed by atoms with Crippen LogP contribution in [0.5, 0.6) is 0 Å². The number of hydrogen-bond acceptors (Lipinski definition) is 5. The maximum absolute atomic E-state index is 12.6. The van der Waals surface area contributed by atoms with Crippen molar-refractivity contribution in [2.75, 3.05) is 5.32 Å². The van der Waals surface area contributed by atoms with E-state index in [1.54, 1.807) is 23.6 Å². The molecule has 2 aromatic carbocycles. The molecule has 2 aromatic heterocycles. The molecule has 0 saturated carbocycles. The number of rotatable bonds is 6. The van der Waals surface area contributed by atoms with Gasteiger partial charge in [-0.05, 0) is 36.8 Å². The van der Waals surface area contributed by atoms with Gasteiger partial charge in [0.05, 0.1) is 22.7 Å². The van der Waals surface area contributed by atoms with Crippen LogP contribution in [0.3, 0.4) is 0 Å². The van der Waals surface area contributed by atoms with E-state index in [1.165, 1.54) is 6.92 Å². The second kappa shape index (κ2) is 9.06. The number of carbonyl (C=O) groups excluding carboxylic acids is 2. The van der Waals surface area contributed by atoms with Crippen LogP contribution in [0.2, 0.25) is 0 Å². The number of thiazole rings is 1. The number of aryl methyl sites for hydroxylation is 1. The van der Waals surface area contributed by atoms with Crippen LogP contribution in [-0.4, -0.2) is 21.8 Å². The summed E-state index contributed by atoms with van der Waals surface area (Å²) < 4.78 is 1.12. The lowest BCUT2D eigenvalue weighted by atomic mass is 10.0. The van der Waals surface area contributed by atoms with Crippen molar-refractivity contribution in [2.45, 2.75) is 26.3 Å². The molecular weight excluding hydrogens is 408 g/mol. The molecule has 0 saturated heterocycles. The molecule has 31 heavy (non-hydrogen) atoms. The summed E-state index contributed by atoms with van der Waals surface area (Å²) in [7, 11) is 0. The Balaban J connectivity index is 1.44. The second-order valence-electron chi connectivity index (χ2n) is 7.33. The maximum Gasteiger partial charge on any atom is 0.227 e. The molecule has 156 valence electrons. The van der Waals surface area contributed by atoms with E-state index in [0.29, 0.717) is 5.82 Å². The average molecular weight is 431 g/mol. The standard InChI is InChI=1S/C24H22N4O2S/c1-15-7-9-17(10-8-15)20(26-16(2)29)13-23(30)28-22-12-11-18(14-25-22)24-27-19-5-3-4-6-21(19)31-24/h3-12,14,20H,13H2,1-2H3,(H,26,29)(H,25,28,30). The number of amides is 2. The third-order valence-corrected chi connectivity index (χ3v) is 5.90. The van der Waals surface area contributed by atoms with Crippen molar-refractivity contribution in [3.8, 4) is 10.6 Å². The van der Waals surface area contributed by atoms with Crippen molar-refractivity contribution in [1.82, 2.24) is 15.3 Å². The average Bonchev–Trinajstić information content (AvgIpc) is 3.18. The number of benzene rings is 2. The van der Waals surface area contributed by atoms with Crippen LogP contribution in [0.15, 0.2) is 66.9 Å². The Labute approximate surface area is 184 Å². The van der Waals surface area contributed by atoms with Crippen molar-refractivity contribution in [2.24, 2.45) is 0 Å². The zero-order valence-corrected chi connectivity index (χ0v) is 18.1. The van der Waals surface area contributed by atoms with Crippen LogP contribution in [-0.2, 0) is 9.59 Å². The lowest BCUT2D eigenvalue weighted by Gasteiger charge is -2.18. The van der Waals surface area contributed by atoms with Crippen LogP contribution in [0, 0.1) is 6.92 Å². The molecule has 2 heterocycles. The van der Waals surface area contributed by atoms with E-state index in [4.69, 9.17) is 0 Å². The van der Waals surface area contributed by atoms with Crippen LogP contribution < -0.4 is 10.6 Å². The lowest BCUT2D eigenvalue weighted by Crippen LogP contribution is -2.29. The molecule has 4 aromatic rings. The highest BCUT2D eigenvalue weighted by Crippen LogP contribution is 2.30. The molecule has 0 aliphatic rings. The molecule has 2 amide bonds. The van der Waals surface area contributed by atoms with Crippen molar-refractivity contribution in [1.29, 1.82) is 0 Å². The first-order chi connectivity index (χ1) is 15.0. The normalized spacial score (nSPS) is 11.8. The van der Waals surface area contributed by atoms with Gasteiger partial charge in [-0.1, -0.05) is 42.0 Å². The highest BCUT2D eigenvalue weighted by molar-refractivity contribution is 7.21. The number of carbonyl (C=O) groups is 2. The number of nitrogens with one attached hydrogen (secondary N) is 2. The zero-order valence-electron chi connectivity index (χ0n) is 17.3. The van der Waals surface area contributed by atoms with Gasteiger partial charge in [0.25, 0.3) is 0 Å². The molecule has 0 aliphatic carbocycles. The molecule has 0 bridgehead atoms. The summed E-state index contributed by atoms with van der Waals surface area (Å²) in [4.78, 5) is 33.2. The second-order valence-corrected chi connectivity index (χ2v) is 8.37. The van der Waals surface area contributed by atoms with Gasteiger partial charge in [0.2, 0.25) is 11.8 Å². The molecule has 1 unspecified atom stereocenters. The van der Waals surface area contributed by atoms with E-state index < -0.39 is 6.04 Å². The molecule has 2 N–H and O–H groups in total. The van der Waals surface area contributed by atoms with Crippen molar-refractivity contribution in [3.05, 3.63) is 78.0 Å². The van der Waals surface area contributed by atoms with Crippen LogP contribution in [0.1, 0.15) is 30.5 Å². The Bertz CT molecular complexity index is 1180. The van der Waals surface area contributed by atoms with E-state index >= 15 is 0 Å². The predicted molar refractivity (Wildman–Crippen MR) is 124 cm³/mol. The van der Waals surface area contributed by atoms with Crippen molar-refractivity contribution in [3.63, 3.8) is 0 Å². The quantitative estimate of drug-likeness (QED) is 0.457. The van der Waals surface area contributed by atoms with Gasteiger partial charge in [0.15, 0.2) is 0 Å². The van der Waals surface area contributed by atoms with Gasteiger partial charge < -0.3 is 10.6 Å². The molecule has 0 spiro atoms. The summed E-state index contributed by atoms with van der Waals surface area (Å²) in [5.74, 6) is 0.0524. The highest BCUT2D eigenvalue weighted by atomic mass is 32.1. The lowest BCUT2D eigenvalue weighted by molar-refractivity contribution is -0.120. The third-order valence-electron chi connectivity index (χ3n) is 4.82. The van der Waals surface area contributed by atoms with E-state index in [0.717, 1.165) is 31.9 Å². The van der Waals surface area contributed by atoms with Gasteiger partial charge in [-0.25, -0.2) is 9.97 Å². The van der Waals surface area contributed by atoms with Gasteiger partial charge in [-0.2, -0.15) is 0 Å². The van der Waals surface area contributed by atoms with Gasteiger partial charge in [-0.3, -0.25) is 9.59 Å². The minimum absolute atomic E-state index is 0.115. The van der Waals surface area contributed by atoms with E-state index in [1.807, 2.05) is 61.5 Å². The summed E-state index contributed by atoms with van der Waals surface area (Å²) in [6.07, 6.45) is 1.82. The molecule has 4 rings (SSSR count). The van der Waals surface area contributed by atoms with Crippen LogP contribution in [0.4, 0.5) is 5.82 Å². The first kappa shape index (κ1) is 20.7. The molecule has 0 radical (unpaired) electrons. The number of nitrogens with zero attached hydrogens (tertiary/aromatic N) is 2. The molecule has 0 fully saturated rings. The van der Waals surface area contributed by atoms with E-state index in [2.05, 4.69) is 20.6 Å². The summed E-state index contributed by atoms with van der Waals surface area (Å²) in [5.41, 5.74) is 3.86. The molecule has 6 nitrogen and oxygen atoms in total. The summed E-state index contributed by atoms with van der Waals surface area (Å²) in [6, 6.07) is 19.0. The van der Waals surface area contributed by atoms with Gasteiger partial charge in [-0.15, -0.1) is 11.3 Å². The maximum atomic E-state index is 12.6. The first-order valence-corrected chi connectivity index (χ1v) is 10.7. The number of pyridine rings is 1. The fourth-order valence-electron chi connectivity index (χ4n) is 3.27. The minimum atomic E-state index is -0.403. The van der Waals surface area contributed by atoms with Crippen LogP contribution >= 0.6 is 11.3 Å². The number of hydrogen-bond donors (Lipinski definition) is 2. The number of anilines is 1. The molecule has 1 atom stereocenters. The smallest absolute Gasteiger partial charge is 0.227 e. The highest BCUT2D eigenvalue weighted by Gasteiger charge is 2.17. The zero-order chi connectivity index (χ0) is 21.8. The number of fused-ring (bicyclic) bond motifs is 1. The number of aromatic nitrogens is 2. The topological polar surface area (TPSA) is 84.0 Å². The Hall–Kier alpha value is -3.58. The summed E-state index contributed by atoms with van der Waals surface area (Å²) in [5, 5.41) is 6.55. The Morgan fingerprint density at radius 3 is 2.48 bits per heavy atom. The SMILES string of the molecule is CC(=O)NC(CC(=O)Nc1ccc(-c2nc3ccccc3s2)cn1)c1ccc(C)cc1. The fraction of sp³-hybridized carbons (Fsp3) is 0.167. The monoisotopic (exact) mass is 430 g/mol. The predicted octanol–water partition coefficient (Wildman–Crippen LogP) is 4.87. The molecule has 0 aliphatic heterocycles. The van der Waals surface area contributed by atoms with Crippen LogP contribution in [0.25, 0.3) is 20.8 Å². The van der Waals surface area contributed by atoms with Gasteiger partial charge in [0, 0.05) is 18.7 Å². The van der Waals surface area contributed by atoms with E-state index in [-0.39, 0.29) is 18.2 Å². The molecular formula is C24H22N4O2S. The van der Waals surface area contributed by atoms with Gasteiger partial charge in [0.1, 0.15) is 10.8 Å². The fourth-order valence-corrected chi connectivity index (χ4v) is 4.22. The number of para-hydroxylation sites is 1. The van der Waals surface area contributed by atoms with Gasteiger partial charge >= 0.3 is 0 Å². The molecule has 7 heteroatoms. The summed E-state index contributed by atoms with van der Waals surface area (Å²) in [6.45, 7) is 3.44. The Morgan fingerprint density at radius 1 is 1.03 bits per heavy atom. The third kappa shape index (κ3) is 5.13. The van der Waals surface area contributed by atoms with Crippen molar-refractivity contribution >= 4 is 39.2 Å². The van der Waals surface area contributed by atoms with E-state index in [9.17, 15) is 9.59 Å². The Kier molecular flexibility index (Phi) is 6.04.